The minimum Gasteiger partial charge on any atom is -0.494 e. The van der Waals surface area contributed by atoms with E-state index in [2.05, 4.69) is 12.2 Å². The Kier molecular flexibility index (Phi) is 6.63. The molecule has 0 radical (unpaired) electrons. The highest BCUT2D eigenvalue weighted by Crippen LogP contribution is 2.36. The van der Waals surface area contributed by atoms with Crippen molar-refractivity contribution in [3.8, 4) is 17.2 Å². The number of nitrogens with zero attached hydrogens (tertiary/aromatic N) is 1. The Morgan fingerprint density at radius 1 is 0.938 bits per heavy atom. The van der Waals surface area contributed by atoms with E-state index in [4.69, 9.17) is 14.2 Å². The largest absolute Gasteiger partial charge is 0.494 e. The van der Waals surface area contributed by atoms with Gasteiger partial charge >= 0.3 is 0 Å². The van der Waals surface area contributed by atoms with E-state index in [0.29, 0.717) is 41.5 Å². The quantitative estimate of drug-likeness (QED) is 0.434. The van der Waals surface area contributed by atoms with Crippen molar-refractivity contribution in [2.24, 2.45) is 0 Å². The van der Waals surface area contributed by atoms with Gasteiger partial charge in [0.25, 0.3) is 11.8 Å². The van der Waals surface area contributed by atoms with Crippen molar-refractivity contribution in [2.75, 3.05) is 25.3 Å². The Morgan fingerprint density at radius 3 is 2.47 bits per heavy atom. The molecule has 0 fully saturated rings. The van der Waals surface area contributed by atoms with E-state index < -0.39 is 0 Å². The van der Waals surface area contributed by atoms with Crippen LogP contribution in [0, 0.1) is 0 Å². The summed E-state index contributed by atoms with van der Waals surface area (Å²) in [7, 11) is 0. The van der Waals surface area contributed by atoms with Gasteiger partial charge in [-0.3, -0.25) is 14.5 Å². The first-order valence-electron chi connectivity index (χ1n) is 11.1. The fourth-order valence-electron chi connectivity index (χ4n) is 3.74. The van der Waals surface area contributed by atoms with E-state index in [1.165, 1.54) is 4.90 Å². The van der Waals surface area contributed by atoms with Crippen molar-refractivity contribution in [1.82, 2.24) is 4.90 Å². The van der Waals surface area contributed by atoms with Crippen LogP contribution < -0.4 is 19.5 Å². The molecular formula is C25H28N2O5. The fraction of sp³-hybridized carbons (Fsp3) is 0.360. The van der Waals surface area contributed by atoms with Gasteiger partial charge in [-0.1, -0.05) is 38.8 Å². The number of ether oxygens (including phenoxy) is 3. The molecule has 2 amide bonds. The first-order valence-corrected chi connectivity index (χ1v) is 11.1. The fourth-order valence-corrected chi connectivity index (χ4v) is 3.74. The number of unbranched alkanes of at least 4 members (excludes halogenated alkanes) is 2. The maximum atomic E-state index is 13.3. The average Bonchev–Trinajstić information content (AvgIpc) is 3.36. The molecular weight excluding hydrogens is 408 g/mol. The first kappa shape index (κ1) is 21.7. The number of nitrogens with one attached hydrogen (secondary N) is 1. The summed E-state index contributed by atoms with van der Waals surface area (Å²) in [5.74, 6) is 1.40. The highest BCUT2D eigenvalue weighted by Gasteiger charge is 2.39. The molecule has 2 aromatic rings. The molecule has 0 bridgehead atoms. The van der Waals surface area contributed by atoms with Crippen LogP contribution in [0.25, 0.3) is 5.57 Å². The second-order valence-corrected chi connectivity index (χ2v) is 7.78. The normalized spacial score (nSPS) is 15.0. The van der Waals surface area contributed by atoms with Crippen molar-refractivity contribution in [3.05, 3.63) is 53.7 Å². The molecule has 2 aromatic carbocycles. The van der Waals surface area contributed by atoms with Gasteiger partial charge in [0.1, 0.15) is 11.4 Å². The lowest BCUT2D eigenvalue weighted by Crippen LogP contribution is -2.33. The molecule has 0 unspecified atom stereocenters. The van der Waals surface area contributed by atoms with Gasteiger partial charge in [0.05, 0.1) is 12.2 Å². The predicted molar refractivity (Wildman–Crippen MR) is 122 cm³/mol. The van der Waals surface area contributed by atoms with Crippen molar-refractivity contribution in [2.45, 2.75) is 39.5 Å². The van der Waals surface area contributed by atoms with Crippen molar-refractivity contribution in [1.29, 1.82) is 0 Å². The van der Waals surface area contributed by atoms with Gasteiger partial charge in [0.2, 0.25) is 6.79 Å². The maximum absolute atomic E-state index is 13.3. The molecule has 32 heavy (non-hydrogen) atoms. The number of rotatable bonds is 10. The molecule has 0 atom stereocenters. The summed E-state index contributed by atoms with van der Waals surface area (Å²) in [4.78, 5) is 27.9. The molecule has 0 aromatic heterocycles. The van der Waals surface area contributed by atoms with Crippen LogP contribution in [0.3, 0.4) is 0 Å². The molecule has 4 rings (SSSR count). The van der Waals surface area contributed by atoms with Crippen molar-refractivity contribution >= 4 is 23.1 Å². The monoisotopic (exact) mass is 436 g/mol. The molecule has 1 N–H and O–H groups in total. The second kappa shape index (κ2) is 9.77. The summed E-state index contributed by atoms with van der Waals surface area (Å²) in [6.45, 7) is 5.33. The van der Waals surface area contributed by atoms with Crippen molar-refractivity contribution < 1.29 is 23.8 Å². The zero-order valence-corrected chi connectivity index (χ0v) is 18.5. The smallest absolute Gasteiger partial charge is 0.278 e. The third-order valence-electron chi connectivity index (χ3n) is 5.41. The Labute approximate surface area is 188 Å². The van der Waals surface area contributed by atoms with Gasteiger partial charge < -0.3 is 19.5 Å². The molecule has 0 aliphatic carbocycles. The topological polar surface area (TPSA) is 77.1 Å². The number of hydrogen-bond acceptors (Lipinski definition) is 6. The van der Waals surface area contributed by atoms with Crippen LogP contribution in [0.15, 0.2) is 48.2 Å². The molecule has 168 valence electrons. The molecule has 2 aliphatic heterocycles. The van der Waals surface area contributed by atoms with Crippen molar-refractivity contribution in [3.63, 3.8) is 0 Å². The lowest BCUT2D eigenvalue weighted by molar-refractivity contribution is -0.136. The second-order valence-electron chi connectivity index (χ2n) is 7.78. The Bertz CT molecular complexity index is 1030. The summed E-state index contributed by atoms with van der Waals surface area (Å²) >= 11 is 0. The van der Waals surface area contributed by atoms with Crippen LogP contribution in [0.5, 0.6) is 17.2 Å². The van der Waals surface area contributed by atoms with Gasteiger partial charge in [0.15, 0.2) is 11.5 Å². The summed E-state index contributed by atoms with van der Waals surface area (Å²) in [6, 6.07) is 12.7. The number of fused-ring (bicyclic) bond motifs is 1. The van der Waals surface area contributed by atoms with Crippen LogP contribution in [0.4, 0.5) is 5.69 Å². The van der Waals surface area contributed by atoms with E-state index in [0.717, 1.165) is 31.4 Å². The van der Waals surface area contributed by atoms with E-state index >= 15 is 0 Å². The molecule has 7 heteroatoms. The molecule has 2 aliphatic rings. The lowest BCUT2D eigenvalue weighted by Gasteiger charge is -2.15. The van der Waals surface area contributed by atoms with Crippen LogP contribution in [-0.4, -0.2) is 36.7 Å². The molecule has 0 saturated carbocycles. The molecule has 0 saturated heterocycles. The summed E-state index contributed by atoms with van der Waals surface area (Å²) in [5.41, 5.74) is 1.97. The predicted octanol–water partition coefficient (Wildman–Crippen LogP) is 4.59. The van der Waals surface area contributed by atoms with E-state index in [1.54, 1.807) is 18.2 Å². The molecule has 7 nitrogen and oxygen atoms in total. The highest BCUT2D eigenvalue weighted by molar-refractivity contribution is 6.36. The zero-order chi connectivity index (χ0) is 22.5. The molecule has 0 spiro atoms. The number of carbonyl (C=O) groups is 2. The average molecular weight is 437 g/mol. The van der Waals surface area contributed by atoms with E-state index in [-0.39, 0.29) is 24.3 Å². The van der Waals surface area contributed by atoms with Crippen LogP contribution in [-0.2, 0) is 9.59 Å². The number of hydrogen-bond donors (Lipinski definition) is 1. The minimum absolute atomic E-state index is 0.168. The number of benzene rings is 2. The maximum Gasteiger partial charge on any atom is 0.278 e. The number of amides is 2. The van der Waals surface area contributed by atoms with Gasteiger partial charge in [0, 0.05) is 18.3 Å². The Hall–Kier alpha value is -3.48. The number of carbonyl (C=O) groups excluding carboxylic acids is 2. The summed E-state index contributed by atoms with van der Waals surface area (Å²) < 4.78 is 16.5. The first-order chi connectivity index (χ1) is 15.6. The zero-order valence-electron chi connectivity index (χ0n) is 18.5. The third kappa shape index (κ3) is 4.42. The summed E-state index contributed by atoms with van der Waals surface area (Å²) in [6.07, 6.45) is 3.66. The highest BCUT2D eigenvalue weighted by atomic mass is 16.7. The Morgan fingerprint density at radius 2 is 1.72 bits per heavy atom. The van der Waals surface area contributed by atoms with E-state index in [1.807, 2.05) is 31.2 Å². The number of imide groups is 1. The van der Waals surface area contributed by atoms with Crippen LogP contribution in [0.1, 0.15) is 45.1 Å². The number of anilines is 1. The third-order valence-corrected chi connectivity index (χ3v) is 5.41. The van der Waals surface area contributed by atoms with Gasteiger partial charge in [-0.15, -0.1) is 0 Å². The van der Waals surface area contributed by atoms with Gasteiger partial charge in [-0.25, -0.2) is 0 Å². The summed E-state index contributed by atoms with van der Waals surface area (Å²) in [5, 5.41) is 3.17. The van der Waals surface area contributed by atoms with Crippen LogP contribution >= 0.6 is 0 Å². The van der Waals surface area contributed by atoms with Gasteiger partial charge in [-0.2, -0.15) is 0 Å². The molecule has 2 heterocycles. The standard InChI is InChI=1S/C25H28N2O5/c1-3-5-6-13-27-24(28)22(17-7-10-19(11-8-17)30-14-4-2)23(25(27)29)26-18-9-12-20-21(15-18)32-16-31-20/h7-12,15,26H,3-6,13-14,16H2,1-2H3. The van der Waals surface area contributed by atoms with Gasteiger partial charge in [-0.05, 0) is 42.7 Å². The minimum atomic E-state index is -0.315. The van der Waals surface area contributed by atoms with E-state index in [9.17, 15) is 9.59 Å². The SMILES string of the molecule is CCCCCN1C(=O)C(Nc2ccc3c(c2)OCO3)=C(c2ccc(OCCC)cc2)C1=O. The van der Waals surface area contributed by atoms with Crippen LogP contribution in [0.2, 0.25) is 0 Å². The Balaban J connectivity index is 1.65. The lowest BCUT2D eigenvalue weighted by atomic mass is 10.0.